The number of fused-ring (bicyclic) bond motifs is 7. The van der Waals surface area contributed by atoms with Crippen LogP contribution in [0.4, 0.5) is 0 Å². The minimum atomic E-state index is -0.351. The number of pyridine rings is 1. The molecule has 1 aliphatic heterocycles. The lowest BCUT2D eigenvalue weighted by Gasteiger charge is -2.31. The highest BCUT2D eigenvalue weighted by molar-refractivity contribution is 6.16. The van der Waals surface area contributed by atoms with Gasteiger partial charge in [0.25, 0.3) is 0 Å². The summed E-state index contributed by atoms with van der Waals surface area (Å²) in [6, 6.07) is 18.9. The van der Waals surface area contributed by atoms with E-state index in [9.17, 15) is 0 Å². The third-order valence-electron chi connectivity index (χ3n) is 7.98. The van der Waals surface area contributed by atoms with Crippen LogP contribution in [0.15, 0.2) is 104 Å². The molecule has 6 aromatic heterocycles. The maximum absolute atomic E-state index is 4.92. The van der Waals surface area contributed by atoms with Crippen LogP contribution in [0.5, 0.6) is 0 Å². The van der Waals surface area contributed by atoms with Crippen LogP contribution in [-0.4, -0.2) is 44.0 Å². The Morgan fingerprint density at radius 3 is 1.70 bits per heavy atom. The van der Waals surface area contributed by atoms with Crippen LogP contribution < -0.4 is 0 Å². The first-order chi connectivity index (χ1) is 19.9. The molecule has 0 aliphatic carbocycles. The zero-order chi connectivity index (χ0) is 26.2. The van der Waals surface area contributed by atoms with Crippen LogP contribution in [0, 0.1) is 0 Å². The number of benzene rings is 2. The number of aromatic nitrogens is 9. The van der Waals surface area contributed by atoms with E-state index in [1.54, 1.807) is 37.3 Å². The van der Waals surface area contributed by atoms with Crippen molar-refractivity contribution in [3.05, 3.63) is 116 Å². The molecule has 0 saturated carbocycles. The van der Waals surface area contributed by atoms with Gasteiger partial charge >= 0.3 is 0 Å². The van der Waals surface area contributed by atoms with Crippen molar-refractivity contribution in [2.24, 2.45) is 0 Å². The molecule has 7 heterocycles. The van der Waals surface area contributed by atoms with E-state index in [0.29, 0.717) is 0 Å². The van der Waals surface area contributed by atoms with Crippen LogP contribution in [0.1, 0.15) is 23.3 Å². The molecule has 9 rings (SSSR count). The largest absolute Gasteiger partial charge is 0.301 e. The van der Waals surface area contributed by atoms with Gasteiger partial charge in [-0.15, -0.1) is 0 Å². The van der Waals surface area contributed by atoms with Gasteiger partial charge in [-0.3, -0.25) is 15.0 Å². The molecular weight excluding hydrogens is 498 g/mol. The minimum absolute atomic E-state index is 0.244. The Labute approximate surface area is 226 Å². The molecule has 2 aromatic carbocycles. The number of rotatable bonds is 3. The Bertz CT molecular complexity index is 2080. The number of para-hydroxylation sites is 2. The van der Waals surface area contributed by atoms with Gasteiger partial charge < -0.3 is 9.13 Å². The lowest BCUT2D eigenvalue weighted by atomic mass is 9.92. The van der Waals surface area contributed by atoms with E-state index in [0.717, 1.165) is 66.5 Å². The predicted molar refractivity (Wildman–Crippen MR) is 152 cm³/mol. The fraction of sp³-hybridized carbons (Fsp3) is 0.0645. The Balaban J connectivity index is 1.56. The first-order valence-electron chi connectivity index (χ1n) is 13.0. The van der Waals surface area contributed by atoms with Gasteiger partial charge in [0, 0.05) is 65.3 Å². The molecule has 0 radical (unpaired) electrons. The average molecular weight is 518 g/mol. The van der Waals surface area contributed by atoms with Gasteiger partial charge in [0.15, 0.2) is 11.3 Å². The summed E-state index contributed by atoms with van der Waals surface area (Å²) in [4.78, 5) is 32.8. The molecule has 9 nitrogen and oxygen atoms in total. The molecule has 0 saturated heterocycles. The van der Waals surface area contributed by atoms with Gasteiger partial charge in [0.2, 0.25) is 0 Å². The van der Waals surface area contributed by atoms with E-state index in [1.807, 2.05) is 18.5 Å². The predicted octanol–water partition coefficient (Wildman–Crippen LogP) is 5.53. The number of hydrogen-bond acceptors (Lipinski definition) is 7. The average Bonchev–Trinajstić information content (AvgIpc) is 3.50. The summed E-state index contributed by atoms with van der Waals surface area (Å²) in [6.07, 6.45) is 13.7. The van der Waals surface area contributed by atoms with Gasteiger partial charge in [-0.1, -0.05) is 36.4 Å². The van der Waals surface area contributed by atoms with E-state index >= 15 is 0 Å². The molecule has 1 aliphatic rings. The molecule has 0 spiro atoms. The van der Waals surface area contributed by atoms with Crippen molar-refractivity contribution in [1.29, 1.82) is 0 Å². The first kappa shape index (κ1) is 21.4. The van der Waals surface area contributed by atoms with Crippen molar-refractivity contribution >= 4 is 44.1 Å². The molecule has 188 valence electrons. The van der Waals surface area contributed by atoms with Gasteiger partial charge in [0.1, 0.15) is 23.5 Å². The minimum Gasteiger partial charge on any atom is -0.301 e. The normalized spacial score (nSPS) is 13.8. The lowest BCUT2D eigenvalue weighted by molar-refractivity contribution is 0.419. The second-order valence-corrected chi connectivity index (χ2v) is 9.91. The van der Waals surface area contributed by atoms with E-state index in [-0.39, 0.29) is 12.1 Å². The topological polar surface area (TPSA) is 100 Å². The van der Waals surface area contributed by atoms with Crippen LogP contribution in [0.25, 0.3) is 55.3 Å². The van der Waals surface area contributed by atoms with Gasteiger partial charge in [0.05, 0.1) is 22.6 Å². The summed E-state index contributed by atoms with van der Waals surface area (Å²) in [5.41, 5.74) is 9.65. The highest BCUT2D eigenvalue weighted by Crippen LogP contribution is 2.49. The molecular formula is C31H19N9. The summed E-state index contributed by atoms with van der Waals surface area (Å²) in [7, 11) is 0. The van der Waals surface area contributed by atoms with E-state index in [1.165, 1.54) is 0 Å². The molecule has 0 bridgehead atoms. The Hall–Kier alpha value is -5.57. The first-order valence-corrected chi connectivity index (χ1v) is 13.0. The summed E-state index contributed by atoms with van der Waals surface area (Å²) in [5, 5.41) is 2.11. The molecule has 0 fully saturated rings. The third kappa shape index (κ3) is 2.72. The second-order valence-electron chi connectivity index (χ2n) is 9.91. The fourth-order valence-electron chi connectivity index (χ4n) is 6.51. The smallest absolute Gasteiger partial charge is 0.161 e. The summed E-state index contributed by atoms with van der Waals surface area (Å²) in [5.74, 6) is -0.244. The monoisotopic (exact) mass is 517 g/mol. The zero-order valence-corrected chi connectivity index (χ0v) is 21.0. The van der Waals surface area contributed by atoms with E-state index < -0.39 is 0 Å². The quantitative estimate of drug-likeness (QED) is 0.304. The molecule has 8 aromatic rings. The van der Waals surface area contributed by atoms with E-state index in [4.69, 9.17) is 24.9 Å². The number of hydrogen-bond donors (Lipinski definition) is 0. The summed E-state index contributed by atoms with van der Waals surface area (Å²) < 4.78 is 4.65. The standard InChI is InChI=1S/C31H19N9/c1-3-19-20-4-2-6-22-26-30(37-16-14-35-26)40(28(20)22)31(39-27(19)21(5-1)25-29(39)36-15-13-34-25)24(18-7-10-32-11-8-18)23-9-12-33-17-38-23/h1-17,24,31H. The van der Waals surface area contributed by atoms with Crippen LogP contribution in [0.3, 0.4) is 0 Å². The van der Waals surface area contributed by atoms with Crippen molar-refractivity contribution in [3.8, 4) is 11.1 Å². The Morgan fingerprint density at radius 1 is 0.550 bits per heavy atom. The third-order valence-corrected chi connectivity index (χ3v) is 7.98. The molecule has 0 N–H and O–H groups in total. The highest BCUT2D eigenvalue weighted by atomic mass is 15.3. The zero-order valence-electron chi connectivity index (χ0n) is 21.0. The van der Waals surface area contributed by atoms with Gasteiger partial charge in [-0.05, 0) is 23.8 Å². The molecule has 40 heavy (non-hydrogen) atoms. The lowest BCUT2D eigenvalue weighted by Crippen LogP contribution is -2.27. The molecule has 1 atom stereocenters. The van der Waals surface area contributed by atoms with Crippen molar-refractivity contribution < 1.29 is 0 Å². The van der Waals surface area contributed by atoms with Crippen LogP contribution in [0.2, 0.25) is 0 Å². The van der Waals surface area contributed by atoms with Crippen molar-refractivity contribution in [3.63, 3.8) is 0 Å². The highest BCUT2D eigenvalue weighted by Gasteiger charge is 2.38. The van der Waals surface area contributed by atoms with Crippen LogP contribution in [-0.2, 0) is 0 Å². The SMILES string of the molecule is c1cc2c3c(c1)c1nccnc1n3C(C(c1ccncc1)c1ccncn1)n1c3nccnc3c3cccc-2c31. The van der Waals surface area contributed by atoms with Crippen molar-refractivity contribution in [2.45, 2.75) is 12.1 Å². The Kier molecular flexibility index (Phi) is 4.26. The van der Waals surface area contributed by atoms with Crippen LogP contribution >= 0.6 is 0 Å². The molecule has 0 amide bonds. The summed E-state index contributed by atoms with van der Waals surface area (Å²) >= 11 is 0. The van der Waals surface area contributed by atoms with Crippen molar-refractivity contribution in [2.75, 3.05) is 0 Å². The summed E-state index contributed by atoms with van der Waals surface area (Å²) in [6.45, 7) is 0. The fourth-order valence-corrected chi connectivity index (χ4v) is 6.51. The maximum Gasteiger partial charge on any atom is 0.161 e. The number of nitrogens with zero attached hydrogens (tertiary/aromatic N) is 9. The van der Waals surface area contributed by atoms with E-state index in [2.05, 4.69) is 67.6 Å². The second kappa shape index (κ2) is 7.97. The van der Waals surface area contributed by atoms with Gasteiger partial charge in [-0.2, -0.15) is 0 Å². The van der Waals surface area contributed by atoms with Crippen molar-refractivity contribution in [1.82, 2.24) is 44.0 Å². The molecule has 9 heteroatoms. The Morgan fingerprint density at radius 2 is 1.12 bits per heavy atom. The molecule has 1 unspecified atom stereocenters. The maximum atomic E-state index is 4.92. The van der Waals surface area contributed by atoms with Gasteiger partial charge in [-0.25, -0.2) is 19.9 Å².